The highest BCUT2D eigenvalue weighted by molar-refractivity contribution is 5.24. The zero-order chi connectivity index (χ0) is 11.7. The van der Waals surface area contributed by atoms with E-state index in [4.69, 9.17) is 9.84 Å². The van der Waals surface area contributed by atoms with Crippen LogP contribution in [0.4, 0.5) is 0 Å². The van der Waals surface area contributed by atoms with Gasteiger partial charge in [0.25, 0.3) is 0 Å². The molecule has 2 heterocycles. The molecular formula is C13H21N3O. The van der Waals surface area contributed by atoms with Gasteiger partial charge in [-0.15, -0.1) is 0 Å². The maximum atomic E-state index is 5.54. The molecule has 1 fully saturated rings. The monoisotopic (exact) mass is 235 g/mol. The highest BCUT2D eigenvalue weighted by Crippen LogP contribution is 2.31. The predicted octanol–water partition coefficient (Wildman–Crippen LogP) is 1.52. The first-order valence-electron chi connectivity index (χ1n) is 6.71. The summed E-state index contributed by atoms with van der Waals surface area (Å²) in [5.41, 5.74) is 2.62. The van der Waals surface area contributed by atoms with Crippen molar-refractivity contribution in [3.05, 3.63) is 17.5 Å². The van der Waals surface area contributed by atoms with E-state index in [1.807, 2.05) is 6.92 Å². The zero-order valence-electron chi connectivity index (χ0n) is 10.5. The number of rotatable bonds is 5. The molecule has 1 aliphatic carbocycles. The molecule has 3 rings (SSSR count). The van der Waals surface area contributed by atoms with E-state index in [1.165, 1.54) is 24.1 Å². The summed E-state index contributed by atoms with van der Waals surface area (Å²) in [5, 5.41) is 8.21. The zero-order valence-corrected chi connectivity index (χ0v) is 10.5. The van der Waals surface area contributed by atoms with Gasteiger partial charge < -0.3 is 10.1 Å². The molecule has 0 radical (unpaired) electrons. The Morgan fingerprint density at radius 2 is 2.41 bits per heavy atom. The Kier molecular flexibility index (Phi) is 3.16. The largest absolute Gasteiger partial charge is 0.381 e. The first-order chi connectivity index (χ1) is 8.36. The standard InChI is InChI=1S/C13H21N3O/c1-2-17-9-12-6-14-5-11-8-16(15-13(11)12)7-10-3-4-10/h8,10,12,14H,2-7,9H2,1H3. The van der Waals surface area contributed by atoms with Crippen LogP contribution < -0.4 is 5.32 Å². The minimum atomic E-state index is 0.430. The molecule has 1 aliphatic heterocycles. The van der Waals surface area contributed by atoms with Gasteiger partial charge in [0.15, 0.2) is 0 Å². The van der Waals surface area contributed by atoms with Crippen molar-refractivity contribution in [2.45, 2.75) is 38.8 Å². The third kappa shape index (κ3) is 2.53. The first-order valence-corrected chi connectivity index (χ1v) is 6.71. The quantitative estimate of drug-likeness (QED) is 0.841. The van der Waals surface area contributed by atoms with Crippen LogP contribution in [0.25, 0.3) is 0 Å². The van der Waals surface area contributed by atoms with Crippen LogP contribution >= 0.6 is 0 Å². The highest BCUT2D eigenvalue weighted by Gasteiger charge is 2.26. The fourth-order valence-electron chi connectivity index (χ4n) is 2.49. The second-order valence-corrected chi connectivity index (χ2v) is 5.19. The van der Waals surface area contributed by atoms with Crippen LogP contribution in [0.2, 0.25) is 0 Å². The smallest absolute Gasteiger partial charge is 0.0736 e. The molecule has 2 aliphatic rings. The maximum Gasteiger partial charge on any atom is 0.0736 e. The Morgan fingerprint density at radius 3 is 3.18 bits per heavy atom. The molecule has 94 valence electrons. The van der Waals surface area contributed by atoms with Gasteiger partial charge in [0.1, 0.15) is 0 Å². The van der Waals surface area contributed by atoms with E-state index in [0.29, 0.717) is 5.92 Å². The lowest BCUT2D eigenvalue weighted by Gasteiger charge is -2.21. The summed E-state index contributed by atoms with van der Waals surface area (Å²) in [7, 11) is 0. The molecule has 4 heteroatoms. The Balaban J connectivity index is 1.73. The molecule has 0 aromatic carbocycles. The Labute approximate surface area is 102 Å². The average molecular weight is 235 g/mol. The third-order valence-corrected chi connectivity index (χ3v) is 3.63. The van der Waals surface area contributed by atoms with Crippen LogP contribution in [-0.4, -0.2) is 29.5 Å². The summed E-state index contributed by atoms with van der Waals surface area (Å²) in [6, 6.07) is 0. The number of ether oxygens (including phenoxy) is 1. The highest BCUT2D eigenvalue weighted by atomic mass is 16.5. The summed E-state index contributed by atoms with van der Waals surface area (Å²) in [6.45, 7) is 6.68. The van der Waals surface area contributed by atoms with E-state index in [2.05, 4.69) is 16.2 Å². The number of nitrogens with one attached hydrogen (secondary N) is 1. The molecular weight excluding hydrogens is 214 g/mol. The number of hydrogen-bond donors (Lipinski definition) is 1. The third-order valence-electron chi connectivity index (χ3n) is 3.63. The minimum Gasteiger partial charge on any atom is -0.381 e. The van der Waals surface area contributed by atoms with Crippen molar-refractivity contribution in [3.63, 3.8) is 0 Å². The Bertz CT molecular complexity index is 384. The van der Waals surface area contributed by atoms with Gasteiger partial charge >= 0.3 is 0 Å². The molecule has 1 atom stereocenters. The lowest BCUT2D eigenvalue weighted by atomic mass is 9.99. The van der Waals surface area contributed by atoms with Gasteiger partial charge in [-0.3, -0.25) is 4.68 Å². The summed E-state index contributed by atoms with van der Waals surface area (Å²) in [4.78, 5) is 0. The fraction of sp³-hybridized carbons (Fsp3) is 0.769. The van der Waals surface area contributed by atoms with E-state index in [0.717, 1.165) is 38.8 Å². The second kappa shape index (κ2) is 4.78. The minimum absolute atomic E-state index is 0.430. The number of hydrogen-bond acceptors (Lipinski definition) is 3. The molecule has 4 nitrogen and oxygen atoms in total. The van der Waals surface area contributed by atoms with Gasteiger partial charge in [-0.1, -0.05) is 0 Å². The molecule has 0 bridgehead atoms. The van der Waals surface area contributed by atoms with Crippen LogP contribution in [-0.2, 0) is 17.8 Å². The van der Waals surface area contributed by atoms with Crippen molar-refractivity contribution in [1.82, 2.24) is 15.1 Å². The van der Waals surface area contributed by atoms with E-state index in [1.54, 1.807) is 0 Å². The normalized spacial score (nSPS) is 23.7. The molecule has 1 saturated carbocycles. The van der Waals surface area contributed by atoms with Gasteiger partial charge in [0.05, 0.1) is 12.3 Å². The first kappa shape index (κ1) is 11.2. The Morgan fingerprint density at radius 1 is 1.53 bits per heavy atom. The maximum absolute atomic E-state index is 5.54. The SMILES string of the molecule is CCOCC1CNCc2cn(CC3CC3)nc21. The number of fused-ring (bicyclic) bond motifs is 1. The molecule has 1 aromatic rings. The second-order valence-electron chi connectivity index (χ2n) is 5.19. The average Bonchev–Trinajstić information content (AvgIpc) is 3.04. The molecule has 1 N–H and O–H groups in total. The van der Waals surface area contributed by atoms with Crippen molar-refractivity contribution in [1.29, 1.82) is 0 Å². The molecule has 17 heavy (non-hydrogen) atoms. The van der Waals surface area contributed by atoms with Crippen LogP contribution in [0.15, 0.2) is 6.20 Å². The Hall–Kier alpha value is -0.870. The van der Waals surface area contributed by atoms with E-state index in [-0.39, 0.29) is 0 Å². The van der Waals surface area contributed by atoms with E-state index >= 15 is 0 Å². The van der Waals surface area contributed by atoms with Crippen molar-refractivity contribution in [3.8, 4) is 0 Å². The lowest BCUT2D eigenvalue weighted by Crippen LogP contribution is -2.30. The predicted molar refractivity (Wildman–Crippen MR) is 65.9 cm³/mol. The molecule has 1 unspecified atom stereocenters. The van der Waals surface area contributed by atoms with E-state index in [9.17, 15) is 0 Å². The van der Waals surface area contributed by atoms with Crippen LogP contribution in [0.3, 0.4) is 0 Å². The van der Waals surface area contributed by atoms with Crippen molar-refractivity contribution >= 4 is 0 Å². The van der Waals surface area contributed by atoms with Crippen molar-refractivity contribution < 1.29 is 4.74 Å². The molecule has 0 amide bonds. The van der Waals surface area contributed by atoms with Gasteiger partial charge in [-0.2, -0.15) is 5.10 Å². The van der Waals surface area contributed by atoms with Crippen LogP contribution in [0.1, 0.15) is 36.9 Å². The van der Waals surface area contributed by atoms with Crippen LogP contribution in [0, 0.1) is 5.92 Å². The van der Waals surface area contributed by atoms with Crippen molar-refractivity contribution in [2.24, 2.45) is 5.92 Å². The fourth-order valence-corrected chi connectivity index (χ4v) is 2.49. The van der Waals surface area contributed by atoms with Crippen molar-refractivity contribution in [2.75, 3.05) is 19.8 Å². The summed E-state index contributed by atoms with van der Waals surface area (Å²) >= 11 is 0. The topological polar surface area (TPSA) is 39.1 Å². The summed E-state index contributed by atoms with van der Waals surface area (Å²) in [6.07, 6.45) is 4.98. The van der Waals surface area contributed by atoms with Crippen LogP contribution in [0.5, 0.6) is 0 Å². The van der Waals surface area contributed by atoms with Gasteiger partial charge in [0.2, 0.25) is 0 Å². The van der Waals surface area contributed by atoms with Gasteiger partial charge in [-0.25, -0.2) is 0 Å². The number of aromatic nitrogens is 2. The molecule has 0 spiro atoms. The summed E-state index contributed by atoms with van der Waals surface area (Å²) in [5.74, 6) is 1.31. The molecule has 0 saturated heterocycles. The lowest BCUT2D eigenvalue weighted by molar-refractivity contribution is 0.128. The van der Waals surface area contributed by atoms with E-state index < -0.39 is 0 Å². The molecule has 1 aromatic heterocycles. The van der Waals surface area contributed by atoms with Gasteiger partial charge in [-0.05, 0) is 25.7 Å². The number of nitrogens with zero attached hydrogens (tertiary/aromatic N) is 2. The summed E-state index contributed by atoms with van der Waals surface area (Å²) < 4.78 is 7.69. The van der Waals surface area contributed by atoms with Gasteiger partial charge in [0, 0.05) is 43.9 Å².